The van der Waals surface area contributed by atoms with Crippen LogP contribution < -0.4 is 0 Å². The second kappa shape index (κ2) is 6.87. The molecule has 1 fully saturated rings. The van der Waals surface area contributed by atoms with Crippen LogP contribution in [0.5, 0.6) is 0 Å². The van der Waals surface area contributed by atoms with Gasteiger partial charge >= 0.3 is 6.18 Å². The third-order valence-electron chi connectivity index (χ3n) is 4.74. The first-order chi connectivity index (χ1) is 13.4. The van der Waals surface area contributed by atoms with Gasteiger partial charge in [-0.05, 0) is 30.7 Å². The van der Waals surface area contributed by atoms with Crippen molar-refractivity contribution in [2.45, 2.75) is 19.1 Å². The highest BCUT2D eigenvalue weighted by Crippen LogP contribution is 2.35. The molecule has 5 nitrogen and oxygen atoms in total. The molecule has 3 aromatic rings. The number of alkyl halides is 3. The summed E-state index contributed by atoms with van der Waals surface area (Å²) in [6.45, 7) is 1.92. The highest BCUT2D eigenvalue weighted by Gasteiger charge is 2.34. The van der Waals surface area contributed by atoms with Crippen LogP contribution in [0.15, 0.2) is 30.5 Å². The average Bonchev–Trinajstić information content (AvgIpc) is 3.31. The van der Waals surface area contributed by atoms with Crippen LogP contribution in [0.25, 0.3) is 22.3 Å². The smallest absolute Gasteiger partial charge is 0.381 e. The Labute approximate surface area is 157 Å². The van der Waals surface area contributed by atoms with E-state index >= 15 is 0 Å². The summed E-state index contributed by atoms with van der Waals surface area (Å²) in [6.07, 6.45) is -2.18. The number of benzene rings is 1. The van der Waals surface area contributed by atoms with E-state index in [4.69, 9.17) is 4.74 Å². The van der Waals surface area contributed by atoms with Crippen LogP contribution in [0.3, 0.4) is 0 Å². The SMILES string of the molecule is N#Cc1nc(-c2ccc(F)c(C(F)(F)F)c2)c2ccn(CC3CCOC3)c2n1. The van der Waals surface area contributed by atoms with E-state index in [-0.39, 0.29) is 17.1 Å². The van der Waals surface area contributed by atoms with Crippen LogP contribution in [0.1, 0.15) is 17.8 Å². The van der Waals surface area contributed by atoms with Crippen molar-refractivity contribution in [3.8, 4) is 17.3 Å². The number of halogens is 4. The third-order valence-corrected chi connectivity index (χ3v) is 4.74. The number of aromatic nitrogens is 3. The Morgan fingerprint density at radius 2 is 2.07 bits per heavy atom. The molecule has 4 rings (SSSR count). The molecule has 9 heteroatoms. The first-order valence-corrected chi connectivity index (χ1v) is 8.58. The molecule has 0 amide bonds. The first kappa shape index (κ1) is 18.4. The minimum atomic E-state index is -4.83. The van der Waals surface area contributed by atoms with Gasteiger partial charge in [-0.3, -0.25) is 0 Å². The summed E-state index contributed by atoms with van der Waals surface area (Å²) in [5.74, 6) is -1.23. The van der Waals surface area contributed by atoms with Crippen molar-refractivity contribution in [3.63, 3.8) is 0 Å². The predicted octanol–water partition coefficient (Wildman–Crippen LogP) is 4.16. The molecule has 1 unspecified atom stereocenters. The molecule has 144 valence electrons. The molecule has 0 spiro atoms. The lowest BCUT2D eigenvalue weighted by molar-refractivity contribution is -0.139. The number of nitriles is 1. The van der Waals surface area contributed by atoms with Crippen LogP contribution in [-0.2, 0) is 17.5 Å². The minimum absolute atomic E-state index is 0.0691. The lowest BCUT2D eigenvalue weighted by atomic mass is 10.0. The fourth-order valence-electron chi connectivity index (χ4n) is 3.38. The quantitative estimate of drug-likeness (QED) is 0.630. The summed E-state index contributed by atoms with van der Waals surface area (Å²) in [7, 11) is 0. The van der Waals surface area contributed by atoms with Crippen molar-refractivity contribution in [3.05, 3.63) is 47.7 Å². The van der Waals surface area contributed by atoms with Crippen molar-refractivity contribution in [2.24, 2.45) is 5.92 Å². The molecule has 2 aromatic heterocycles. The van der Waals surface area contributed by atoms with E-state index in [9.17, 15) is 22.8 Å². The standard InChI is InChI=1S/C19H14F4N4O/c20-15-2-1-12(7-14(15)19(21,22)23)17-13-3-5-27(9-11-4-6-28-10-11)18(13)26-16(8-24)25-17/h1-3,5,7,11H,4,6,9-10H2. The predicted molar refractivity (Wildman–Crippen MR) is 91.6 cm³/mol. The molecule has 0 saturated carbocycles. The average molecular weight is 390 g/mol. The Morgan fingerprint density at radius 1 is 1.25 bits per heavy atom. The Balaban J connectivity index is 1.85. The Kier molecular flexibility index (Phi) is 4.51. The zero-order chi connectivity index (χ0) is 19.9. The molecule has 1 atom stereocenters. The van der Waals surface area contributed by atoms with Gasteiger partial charge in [0.25, 0.3) is 0 Å². The molecule has 1 aliphatic heterocycles. The molecule has 0 N–H and O–H groups in total. The number of nitrogens with zero attached hydrogens (tertiary/aromatic N) is 4. The lowest BCUT2D eigenvalue weighted by Crippen LogP contribution is -2.11. The normalized spacial score (nSPS) is 17.2. The molecule has 0 bridgehead atoms. The topological polar surface area (TPSA) is 63.7 Å². The van der Waals surface area contributed by atoms with Gasteiger partial charge in [-0.1, -0.05) is 0 Å². The van der Waals surface area contributed by atoms with Crippen LogP contribution >= 0.6 is 0 Å². The molecule has 1 saturated heterocycles. The van der Waals surface area contributed by atoms with Crippen LogP contribution in [-0.4, -0.2) is 27.7 Å². The molecule has 3 heterocycles. The van der Waals surface area contributed by atoms with E-state index < -0.39 is 17.6 Å². The molecular weight excluding hydrogens is 376 g/mol. The van der Waals surface area contributed by atoms with Gasteiger partial charge in [-0.2, -0.15) is 18.4 Å². The maximum Gasteiger partial charge on any atom is 0.419 e. The van der Waals surface area contributed by atoms with Gasteiger partial charge in [0.2, 0.25) is 5.82 Å². The summed E-state index contributed by atoms with van der Waals surface area (Å²) in [6, 6.07) is 6.21. The second-order valence-corrected chi connectivity index (χ2v) is 6.64. The molecule has 0 aliphatic carbocycles. The second-order valence-electron chi connectivity index (χ2n) is 6.64. The number of ether oxygens (including phenoxy) is 1. The van der Waals surface area contributed by atoms with Gasteiger partial charge in [-0.15, -0.1) is 0 Å². The summed E-state index contributed by atoms with van der Waals surface area (Å²) in [5, 5.41) is 9.76. The molecular formula is C19H14F4N4O. The van der Waals surface area contributed by atoms with Gasteiger partial charge < -0.3 is 9.30 Å². The van der Waals surface area contributed by atoms with E-state index in [0.29, 0.717) is 42.8 Å². The Hall–Kier alpha value is -2.99. The van der Waals surface area contributed by atoms with E-state index in [1.54, 1.807) is 12.3 Å². The number of hydrogen-bond donors (Lipinski definition) is 0. The first-order valence-electron chi connectivity index (χ1n) is 8.58. The summed E-state index contributed by atoms with van der Waals surface area (Å²) in [4.78, 5) is 8.31. The summed E-state index contributed by atoms with van der Waals surface area (Å²) >= 11 is 0. The van der Waals surface area contributed by atoms with Crippen molar-refractivity contribution >= 4 is 11.0 Å². The van der Waals surface area contributed by atoms with Gasteiger partial charge in [0.15, 0.2) is 0 Å². The van der Waals surface area contributed by atoms with Crippen LogP contribution in [0.4, 0.5) is 17.6 Å². The monoisotopic (exact) mass is 390 g/mol. The molecule has 1 aliphatic rings. The molecule has 28 heavy (non-hydrogen) atoms. The van der Waals surface area contributed by atoms with Crippen molar-refractivity contribution < 1.29 is 22.3 Å². The molecule has 0 radical (unpaired) electrons. The lowest BCUT2D eigenvalue weighted by Gasteiger charge is -2.12. The highest BCUT2D eigenvalue weighted by atomic mass is 19.4. The highest BCUT2D eigenvalue weighted by molar-refractivity contribution is 5.91. The molecule has 1 aromatic carbocycles. The zero-order valence-corrected chi connectivity index (χ0v) is 14.5. The van der Waals surface area contributed by atoms with Gasteiger partial charge in [-0.25, -0.2) is 14.4 Å². The van der Waals surface area contributed by atoms with Crippen molar-refractivity contribution in [1.29, 1.82) is 5.26 Å². The van der Waals surface area contributed by atoms with Crippen molar-refractivity contribution in [2.75, 3.05) is 13.2 Å². The summed E-state index contributed by atoms with van der Waals surface area (Å²) in [5.41, 5.74) is -0.697. The Morgan fingerprint density at radius 3 is 2.75 bits per heavy atom. The summed E-state index contributed by atoms with van der Waals surface area (Å²) < 4.78 is 60.1. The van der Waals surface area contributed by atoms with E-state index in [1.807, 2.05) is 10.6 Å². The minimum Gasteiger partial charge on any atom is -0.381 e. The third kappa shape index (κ3) is 3.31. The van der Waals surface area contributed by atoms with Gasteiger partial charge in [0, 0.05) is 36.2 Å². The fourth-order valence-corrected chi connectivity index (χ4v) is 3.38. The van der Waals surface area contributed by atoms with E-state index in [0.717, 1.165) is 12.5 Å². The van der Waals surface area contributed by atoms with Crippen LogP contribution in [0, 0.1) is 23.1 Å². The maximum absolute atomic E-state index is 13.7. The zero-order valence-electron chi connectivity index (χ0n) is 14.5. The fraction of sp³-hybridized carbons (Fsp3) is 0.316. The van der Waals surface area contributed by atoms with Gasteiger partial charge in [0.05, 0.1) is 17.9 Å². The van der Waals surface area contributed by atoms with Crippen LogP contribution in [0.2, 0.25) is 0 Å². The van der Waals surface area contributed by atoms with E-state index in [1.165, 1.54) is 6.07 Å². The Bertz CT molecular complexity index is 1080. The maximum atomic E-state index is 13.7. The van der Waals surface area contributed by atoms with Crippen molar-refractivity contribution in [1.82, 2.24) is 14.5 Å². The van der Waals surface area contributed by atoms with Gasteiger partial charge in [0.1, 0.15) is 17.5 Å². The number of hydrogen-bond acceptors (Lipinski definition) is 4. The number of fused-ring (bicyclic) bond motifs is 1. The van der Waals surface area contributed by atoms with E-state index in [2.05, 4.69) is 9.97 Å². The number of rotatable bonds is 3. The largest absolute Gasteiger partial charge is 0.419 e.